The summed E-state index contributed by atoms with van der Waals surface area (Å²) < 4.78 is 0. The molecule has 1 aromatic rings. The molecule has 1 rings (SSSR count). The topological polar surface area (TPSA) is 63.4 Å². The summed E-state index contributed by atoms with van der Waals surface area (Å²) in [4.78, 5) is 10.1. The number of nitro benzene ring substituents is 1. The highest BCUT2D eigenvalue weighted by Crippen LogP contribution is 2.27. The molecule has 5 heteroatoms. The Labute approximate surface area is 112 Å². The molecular weight excluding hydrogens is 254 g/mol. The van der Waals surface area contributed by atoms with Crippen molar-refractivity contribution in [3.05, 3.63) is 38.9 Å². The highest BCUT2D eigenvalue weighted by molar-refractivity contribution is 6.31. The fourth-order valence-corrected chi connectivity index (χ4v) is 1.85. The van der Waals surface area contributed by atoms with E-state index in [1.807, 2.05) is 20.8 Å². The van der Waals surface area contributed by atoms with E-state index in [4.69, 9.17) is 11.6 Å². The minimum atomic E-state index is -0.473. The molecule has 0 amide bonds. The molecule has 1 unspecified atom stereocenters. The number of hydrogen-bond acceptors (Lipinski definition) is 3. The van der Waals surface area contributed by atoms with Crippen LogP contribution in [-0.4, -0.2) is 16.1 Å². The summed E-state index contributed by atoms with van der Waals surface area (Å²) in [5, 5.41) is 20.9. The molecule has 0 spiro atoms. The Kier molecular flexibility index (Phi) is 4.71. The summed E-state index contributed by atoms with van der Waals surface area (Å²) in [7, 11) is 0. The maximum atomic E-state index is 10.6. The lowest BCUT2D eigenvalue weighted by atomic mass is 9.86. The van der Waals surface area contributed by atoms with Crippen LogP contribution in [0.25, 0.3) is 0 Å². The molecule has 100 valence electrons. The standard InChI is InChI=1S/C13H18ClNO3/c1-13(2,3)12(16)7-5-9-4-6-10(15(17)18)8-11(9)14/h4,6,8,12,16H,5,7H2,1-3H3. The van der Waals surface area contributed by atoms with E-state index in [1.165, 1.54) is 12.1 Å². The number of aliphatic hydroxyl groups excluding tert-OH is 1. The number of benzene rings is 1. The van der Waals surface area contributed by atoms with Crippen LogP contribution in [0.4, 0.5) is 5.69 Å². The molecule has 0 saturated carbocycles. The number of aryl methyl sites for hydroxylation is 1. The molecule has 0 fully saturated rings. The number of rotatable bonds is 4. The molecule has 0 aromatic heterocycles. The first-order valence-electron chi connectivity index (χ1n) is 5.82. The van der Waals surface area contributed by atoms with Crippen LogP contribution in [0.5, 0.6) is 0 Å². The summed E-state index contributed by atoms with van der Waals surface area (Å²) in [5.41, 5.74) is 0.637. The van der Waals surface area contributed by atoms with Gasteiger partial charge in [0.1, 0.15) is 0 Å². The number of nitro groups is 1. The summed E-state index contributed by atoms with van der Waals surface area (Å²) in [5.74, 6) is 0. The zero-order valence-corrected chi connectivity index (χ0v) is 11.6. The van der Waals surface area contributed by atoms with Crippen molar-refractivity contribution in [2.45, 2.75) is 39.7 Å². The predicted molar refractivity (Wildman–Crippen MR) is 71.9 cm³/mol. The van der Waals surface area contributed by atoms with E-state index in [1.54, 1.807) is 6.07 Å². The molecule has 0 saturated heterocycles. The fourth-order valence-electron chi connectivity index (χ4n) is 1.58. The molecule has 0 heterocycles. The lowest BCUT2D eigenvalue weighted by Crippen LogP contribution is -2.26. The van der Waals surface area contributed by atoms with E-state index < -0.39 is 11.0 Å². The summed E-state index contributed by atoms with van der Waals surface area (Å²) in [6, 6.07) is 4.43. The van der Waals surface area contributed by atoms with E-state index in [9.17, 15) is 15.2 Å². The van der Waals surface area contributed by atoms with Gasteiger partial charge in [-0.25, -0.2) is 0 Å². The van der Waals surface area contributed by atoms with E-state index in [2.05, 4.69) is 0 Å². The van der Waals surface area contributed by atoms with Crippen LogP contribution < -0.4 is 0 Å². The number of hydrogen-bond donors (Lipinski definition) is 1. The fraction of sp³-hybridized carbons (Fsp3) is 0.538. The highest BCUT2D eigenvalue weighted by Gasteiger charge is 2.22. The zero-order chi connectivity index (χ0) is 13.9. The molecule has 1 aromatic carbocycles. The van der Waals surface area contributed by atoms with Crippen molar-refractivity contribution in [3.8, 4) is 0 Å². The molecular formula is C13H18ClNO3. The molecule has 1 N–H and O–H groups in total. The van der Waals surface area contributed by atoms with Gasteiger partial charge in [0.15, 0.2) is 0 Å². The van der Waals surface area contributed by atoms with Crippen molar-refractivity contribution in [1.82, 2.24) is 0 Å². The van der Waals surface area contributed by atoms with Crippen molar-refractivity contribution in [2.75, 3.05) is 0 Å². The van der Waals surface area contributed by atoms with Crippen LogP contribution in [0, 0.1) is 15.5 Å². The van der Waals surface area contributed by atoms with Crippen molar-refractivity contribution >= 4 is 17.3 Å². The molecule has 0 bridgehead atoms. The van der Waals surface area contributed by atoms with Gasteiger partial charge in [0.25, 0.3) is 5.69 Å². The first kappa shape index (κ1) is 14.9. The molecule has 0 radical (unpaired) electrons. The third-order valence-electron chi connectivity index (χ3n) is 2.93. The first-order valence-corrected chi connectivity index (χ1v) is 6.20. The molecule has 4 nitrogen and oxygen atoms in total. The SMILES string of the molecule is CC(C)(C)C(O)CCc1ccc([N+](=O)[O-])cc1Cl. The van der Waals surface area contributed by atoms with Crippen LogP contribution in [0.15, 0.2) is 18.2 Å². The zero-order valence-electron chi connectivity index (χ0n) is 10.8. The Balaban J connectivity index is 2.72. The van der Waals surface area contributed by atoms with Gasteiger partial charge in [-0.3, -0.25) is 10.1 Å². The average Bonchev–Trinajstić information content (AvgIpc) is 2.25. The lowest BCUT2D eigenvalue weighted by molar-refractivity contribution is -0.384. The third-order valence-corrected chi connectivity index (χ3v) is 3.29. The van der Waals surface area contributed by atoms with Crippen LogP contribution in [0.1, 0.15) is 32.8 Å². The second-order valence-corrected chi connectivity index (χ2v) is 5.86. The van der Waals surface area contributed by atoms with Crippen molar-refractivity contribution in [3.63, 3.8) is 0 Å². The lowest BCUT2D eigenvalue weighted by Gasteiger charge is -2.25. The maximum absolute atomic E-state index is 10.6. The van der Waals surface area contributed by atoms with Crippen molar-refractivity contribution in [2.24, 2.45) is 5.41 Å². The second kappa shape index (κ2) is 5.67. The predicted octanol–water partition coefficient (Wildman–Crippen LogP) is 3.59. The van der Waals surface area contributed by atoms with E-state index in [0.717, 1.165) is 5.56 Å². The van der Waals surface area contributed by atoms with E-state index in [-0.39, 0.29) is 11.1 Å². The number of halogens is 1. The summed E-state index contributed by atoms with van der Waals surface area (Å²) in [6.45, 7) is 5.90. The van der Waals surface area contributed by atoms with Gasteiger partial charge in [-0.15, -0.1) is 0 Å². The highest BCUT2D eigenvalue weighted by atomic mass is 35.5. The van der Waals surface area contributed by atoms with Crippen LogP contribution in [0.3, 0.4) is 0 Å². The molecule has 18 heavy (non-hydrogen) atoms. The van der Waals surface area contributed by atoms with Gasteiger partial charge >= 0.3 is 0 Å². The minimum absolute atomic E-state index is 0.0138. The van der Waals surface area contributed by atoms with Crippen LogP contribution in [-0.2, 0) is 6.42 Å². The number of non-ortho nitro benzene ring substituents is 1. The summed E-state index contributed by atoms with van der Waals surface area (Å²) >= 11 is 5.99. The number of nitrogens with zero attached hydrogens (tertiary/aromatic N) is 1. The molecule has 0 aliphatic rings. The Morgan fingerprint density at radius 2 is 2.06 bits per heavy atom. The average molecular weight is 272 g/mol. The van der Waals surface area contributed by atoms with Gasteiger partial charge in [0.05, 0.1) is 16.0 Å². The molecule has 0 aliphatic heterocycles. The van der Waals surface area contributed by atoms with Crippen LogP contribution >= 0.6 is 11.6 Å². The Morgan fingerprint density at radius 3 is 2.50 bits per heavy atom. The van der Waals surface area contributed by atoms with Gasteiger partial charge in [-0.05, 0) is 23.8 Å². The Bertz CT molecular complexity index is 440. The molecule has 1 atom stereocenters. The number of aliphatic hydroxyl groups is 1. The largest absolute Gasteiger partial charge is 0.393 e. The second-order valence-electron chi connectivity index (χ2n) is 5.45. The Morgan fingerprint density at radius 1 is 1.44 bits per heavy atom. The molecule has 0 aliphatic carbocycles. The van der Waals surface area contributed by atoms with Crippen molar-refractivity contribution < 1.29 is 10.0 Å². The normalized spacial score (nSPS) is 13.4. The first-order chi connectivity index (χ1) is 8.21. The van der Waals surface area contributed by atoms with Gasteiger partial charge in [-0.1, -0.05) is 38.4 Å². The van der Waals surface area contributed by atoms with Gasteiger partial charge in [-0.2, -0.15) is 0 Å². The van der Waals surface area contributed by atoms with E-state index >= 15 is 0 Å². The smallest absolute Gasteiger partial charge is 0.270 e. The summed E-state index contributed by atoms with van der Waals surface area (Å²) in [6.07, 6.45) is 0.764. The van der Waals surface area contributed by atoms with Gasteiger partial charge in [0, 0.05) is 12.1 Å². The van der Waals surface area contributed by atoms with Gasteiger partial charge in [0.2, 0.25) is 0 Å². The quantitative estimate of drug-likeness (QED) is 0.672. The minimum Gasteiger partial charge on any atom is -0.393 e. The Hall–Kier alpha value is -1.13. The van der Waals surface area contributed by atoms with Gasteiger partial charge < -0.3 is 5.11 Å². The monoisotopic (exact) mass is 271 g/mol. The van der Waals surface area contributed by atoms with E-state index in [0.29, 0.717) is 17.9 Å². The van der Waals surface area contributed by atoms with Crippen LogP contribution in [0.2, 0.25) is 5.02 Å². The third kappa shape index (κ3) is 3.96. The van der Waals surface area contributed by atoms with Crippen molar-refractivity contribution in [1.29, 1.82) is 0 Å². The maximum Gasteiger partial charge on any atom is 0.270 e.